The summed E-state index contributed by atoms with van der Waals surface area (Å²) in [6.45, 7) is 2.27. The van der Waals surface area contributed by atoms with Crippen molar-refractivity contribution in [3.63, 3.8) is 0 Å². The Balaban J connectivity index is 2.66. The minimum atomic E-state index is -0.294. The molecule has 92 valence electrons. The highest BCUT2D eigenvalue weighted by molar-refractivity contribution is 9.10. The van der Waals surface area contributed by atoms with E-state index in [1.807, 2.05) is 0 Å². The van der Waals surface area contributed by atoms with Crippen LogP contribution in [0.2, 0.25) is 0 Å². The monoisotopic (exact) mass is 316 g/mol. The Morgan fingerprint density at radius 2 is 2.29 bits per heavy atom. The van der Waals surface area contributed by atoms with Crippen LogP contribution in [0.1, 0.15) is 12.5 Å². The first-order chi connectivity index (χ1) is 8.04. The molecule has 1 rings (SSSR count). The van der Waals surface area contributed by atoms with Crippen LogP contribution in [-0.2, 0) is 9.53 Å². The van der Waals surface area contributed by atoms with E-state index in [9.17, 15) is 4.79 Å². The number of nitrogens with two attached hydrogens (primary N) is 1. The number of anilines is 1. The molecular formula is C11H13BrN2O2S. The van der Waals surface area contributed by atoms with Crippen LogP contribution < -0.4 is 11.1 Å². The molecule has 0 unspecified atom stereocenters. The standard InChI is InChI=1S/C11H13BrN2O2S/c1-2-16-10(15)6-14-9-4-3-7(11(13)17)5-8(9)12/h3-5,14H,2,6H2,1H3,(H2,13,17). The lowest BCUT2D eigenvalue weighted by Crippen LogP contribution is -2.17. The van der Waals surface area contributed by atoms with Gasteiger partial charge in [0.05, 0.1) is 6.61 Å². The van der Waals surface area contributed by atoms with Crippen LogP contribution in [0.15, 0.2) is 22.7 Å². The molecule has 6 heteroatoms. The summed E-state index contributed by atoms with van der Waals surface area (Å²) in [4.78, 5) is 11.5. The summed E-state index contributed by atoms with van der Waals surface area (Å²) < 4.78 is 5.61. The third-order valence-electron chi connectivity index (χ3n) is 1.98. The van der Waals surface area contributed by atoms with Crippen LogP contribution in [0.4, 0.5) is 5.69 Å². The van der Waals surface area contributed by atoms with Gasteiger partial charge >= 0.3 is 5.97 Å². The average Bonchev–Trinajstić information content (AvgIpc) is 2.27. The predicted octanol–water partition coefficient (Wildman–Crippen LogP) is 2.06. The number of thiocarbonyl (C=S) groups is 1. The van der Waals surface area contributed by atoms with E-state index < -0.39 is 0 Å². The molecule has 0 aliphatic carbocycles. The normalized spacial score (nSPS) is 9.76. The summed E-state index contributed by atoms with van der Waals surface area (Å²) in [7, 11) is 0. The van der Waals surface area contributed by atoms with Crippen LogP contribution in [-0.4, -0.2) is 24.1 Å². The van der Waals surface area contributed by atoms with Gasteiger partial charge < -0.3 is 15.8 Å². The van der Waals surface area contributed by atoms with Crippen molar-refractivity contribution in [1.29, 1.82) is 0 Å². The highest BCUT2D eigenvalue weighted by Crippen LogP contribution is 2.23. The van der Waals surface area contributed by atoms with E-state index in [0.29, 0.717) is 11.6 Å². The molecule has 1 aromatic carbocycles. The van der Waals surface area contributed by atoms with Crippen molar-refractivity contribution in [1.82, 2.24) is 0 Å². The maximum Gasteiger partial charge on any atom is 0.325 e. The van der Waals surface area contributed by atoms with E-state index in [1.54, 1.807) is 25.1 Å². The SMILES string of the molecule is CCOC(=O)CNc1ccc(C(N)=S)cc1Br. The molecule has 1 aromatic rings. The summed E-state index contributed by atoms with van der Waals surface area (Å²) in [5, 5.41) is 2.96. The van der Waals surface area contributed by atoms with Crippen LogP contribution in [0.5, 0.6) is 0 Å². The smallest absolute Gasteiger partial charge is 0.325 e. The fourth-order valence-corrected chi connectivity index (χ4v) is 1.84. The molecule has 0 radical (unpaired) electrons. The van der Waals surface area contributed by atoms with Gasteiger partial charge in [-0.1, -0.05) is 12.2 Å². The molecule has 0 atom stereocenters. The maximum absolute atomic E-state index is 11.2. The van der Waals surface area contributed by atoms with Crippen LogP contribution in [0.3, 0.4) is 0 Å². The second-order valence-corrected chi connectivity index (χ2v) is 4.51. The van der Waals surface area contributed by atoms with Crippen molar-refractivity contribution >= 4 is 44.8 Å². The van der Waals surface area contributed by atoms with Crippen LogP contribution >= 0.6 is 28.1 Å². The third-order valence-corrected chi connectivity index (χ3v) is 2.87. The molecular weight excluding hydrogens is 304 g/mol. The summed E-state index contributed by atoms with van der Waals surface area (Å²) >= 11 is 8.24. The maximum atomic E-state index is 11.2. The zero-order chi connectivity index (χ0) is 12.8. The van der Waals surface area contributed by atoms with Gasteiger partial charge in [-0.25, -0.2) is 0 Å². The summed E-state index contributed by atoms with van der Waals surface area (Å²) in [5.41, 5.74) is 7.07. The molecule has 0 aliphatic rings. The molecule has 0 aromatic heterocycles. The van der Waals surface area contributed by atoms with Gasteiger partial charge in [-0.05, 0) is 41.1 Å². The van der Waals surface area contributed by atoms with Gasteiger partial charge in [-0.15, -0.1) is 0 Å². The highest BCUT2D eigenvalue weighted by Gasteiger charge is 2.05. The second kappa shape index (κ2) is 6.56. The fourth-order valence-electron chi connectivity index (χ4n) is 1.19. The fraction of sp³-hybridized carbons (Fsp3) is 0.273. The van der Waals surface area contributed by atoms with Gasteiger partial charge in [0.2, 0.25) is 0 Å². The molecule has 0 saturated carbocycles. The summed E-state index contributed by atoms with van der Waals surface area (Å²) in [6, 6.07) is 5.40. The molecule has 0 saturated heterocycles. The zero-order valence-corrected chi connectivity index (χ0v) is 11.7. The number of hydrogen-bond donors (Lipinski definition) is 2. The van der Waals surface area contributed by atoms with Crippen molar-refractivity contribution in [2.24, 2.45) is 5.73 Å². The molecule has 0 bridgehead atoms. The van der Waals surface area contributed by atoms with E-state index in [2.05, 4.69) is 21.2 Å². The number of benzene rings is 1. The quantitative estimate of drug-likeness (QED) is 0.643. The second-order valence-electron chi connectivity index (χ2n) is 3.22. The minimum Gasteiger partial charge on any atom is -0.465 e. The van der Waals surface area contributed by atoms with E-state index in [-0.39, 0.29) is 12.5 Å². The van der Waals surface area contributed by atoms with Gasteiger partial charge in [-0.2, -0.15) is 0 Å². The number of halogens is 1. The molecule has 17 heavy (non-hydrogen) atoms. The van der Waals surface area contributed by atoms with Crippen LogP contribution in [0, 0.1) is 0 Å². The van der Waals surface area contributed by atoms with Crippen molar-refractivity contribution in [2.75, 3.05) is 18.5 Å². The lowest BCUT2D eigenvalue weighted by molar-refractivity contribution is -0.140. The van der Waals surface area contributed by atoms with Gasteiger partial charge in [0.15, 0.2) is 0 Å². The van der Waals surface area contributed by atoms with Crippen LogP contribution in [0.25, 0.3) is 0 Å². The molecule has 0 spiro atoms. The lowest BCUT2D eigenvalue weighted by atomic mass is 10.2. The molecule has 0 heterocycles. The number of rotatable bonds is 5. The Kier molecular flexibility index (Phi) is 5.37. The first-order valence-corrected chi connectivity index (χ1v) is 6.23. The zero-order valence-electron chi connectivity index (χ0n) is 9.33. The Hall–Kier alpha value is -1.14. The largest absolute Gasteiger partial charge is 0.465 e. The Labute approximate surface area is 114 Å². The molecule has 3 N–H and O–H groups in total. The average molecular weight is 317 g/mol. The molecule has 0 fully saturated rings. The molecule has 4 nitrogen and oxygen atoms in total. The van der Waals surface area contributed by atoms with E-state index >= 15 is 0 Å². The first kappa shape index (κ1) is 13.9. The predicted molar refractivity (Wildman–Crippen MR) is 75.2 cm³/mol. The van der Waals surface area contributed by atoms with Crippen molar-refractivity contribution in [2.45, 2.75) is 6.92 Å². The van der Waals surface area contributed by atoms with Gasteiger partial charge in [0.1, 0.15) is 11.5 Å². The van der Waals surface area contributed by atoms with Crippen molar-refractivity contribution in [3.05, 3.63) is 28.2 Å². The lowest BCUT2D eigenvalue weighted by Gasteiger charge is -2.09. The highest BCUT2D eigenvalue weighted by atomic mass is 79.9. The van der Waals surface area contributed by atoms with Gasteiger partial charge in [0.25, 0.3) is 0 Å². The summed E-state index contributed by atoms with van der Waals surface area (Å²) in [6.07, 6.45) is 0. The van der Waals surface area contributed by atoms with Gasteiger partial charge in [0, 0.05) is 15.7 Å². The number of ether oxygens (including phenoxy) is 1. The number of carbonyl (C=O) groups excluding carboxylic acids is 1. The van der Waals surface area contributed by atoms with Crippen molar-refractivity contribution < 1.29 is 9.53 Å². The Bertz CT molecular complexity index is 437. The first-order valence-electron chi connectivity index (χ1n) is 5.03. The van der Waals surface area contributed by atoms with E-state index in [1.165, 1.54) is 0 Å². The number of nitrogens with one attached hydrogen (secondary N) is 1. The van der Waals surface area contributed by atoms with Gasteiger partial charge in [-0.3, -0.25) is 4.79 Å². The number of carbonyl (C=O) groups is 1. The molecule has 0 amide bonds. The minimum absolute atomic E-state index is 0.124. The van der Waals surface area contributed by atoms with Crippen molar-refractivity contribution in [3.8, 4) is 0 Å². The Morgan fingerprint density at radius 3 is 2.82 bits per heavy atom. The van der Waals surface area contributed by atoms with E-state index in [0.717, 1.165) is 15.7 Å². The Morgan fingerprint density at radius 1 is 1.59 bits per heavy atom. The third kappa shape index (κ3) is 4.32. The van der Waals surface area contributed by atoms with E-state index in [4.69, 9.17) is 22.7 Å². The number of esters is 1. The molecule has 0 aliphatic heterocycles. The topological polar surface area (TPSA) is 64.3 Å². The summed E-state index contributed by atoms with van der Waals surface area (Å²) in [5.74, 6) is -0.294. The number of hydrogen-bond acceptors (Lipinski definition) is 4.